The van der Waals surface area contributed by atoms with Crippen LogP contribution in [0.25, 0.3) is 0 Å². The lowest BCUT2D eigenvalue weighted by Crippen LogP contribution is -2.42. The topological polar surface area (TPSA) is 65.1 Å². The van der Waals surface area contributed by atoms with Gasteiger partial charge in [0.25, 0.3) is 0 Å². The van der Waals surface area contributed by atoms with Crippen molar-refractivity contribution >= 4 is 17.4 Å². The van der Waals surface area contributed by atoms with E-state index in [0.717, 1.165) is 12.1 Å². The van der Waals surface area contributed by atoms with Crippen LogP contribution in [0.5, 0.6) is 0 Å². The number of carbonyl (C=O) groups is 2. The van der Waals surface area contributed by atoms with Gasteiger partial charge in [-0.2, -0.15) is 0 Å². The van der Waals surface area contributed by atoms with E-state index >= 15 is 0 Å². The number of esters is 1. The van der Waals surface area contributed by atoms with Crippen LogP contribution in [-0.4, -0.2) is 44.8 Å². The quantitative estimate of drug-likeness (QED) is 0.393. The first-order valence-corrected chi connectivity index (χ1v) is 9.23. The predicted octanol–water partition coefficient (Wildman–Crippen LogP) is 2.91. The number of ketones is 1. The zero-order valence-electron chi connectivity index (χ0n) is 16.4. The zero-order chi connectivity index (χ0) is 21.2. The minimum absolute atomic E-state index is 0.00768. The second-order valence-electron chi connectivity index (χ2n) is 7.28. The van der Waals surface area contributed by atoms with Gasteiger partial charge in [0.1, 0.15) is 35.5 Å². The Bertz CT molecular complexity index is 867. The Kier molecular flexibility index (Phi) is 6.02. The van der Waals surface area contributed by atoms with E-state index in [-0.39, 0.29) is 43.9 Å². The average molecular weight is 407 g/mol. The van der Waals surface area contributed by atoms with Crippen LogP contribution in [0.1, 0.15) is 18.4 Å². The number of hydrogen-bond acceptors (Lipinski definition) is 6. The van der Waals surface area contributed by atoms with Crippen LogP contribution in [-0.2, 0) is 30.2 Å². The number of anilines is 1. The van der Waals surface area contributed by atoms with Crippen molar-refractivity contribution in [1.29, 1.82) is 0 Å². The second-order valence-corrected chi connectivity index (χ2v) is 7.28. The SMILES string of the molecule is C=CCOC(=O)[C@@H]1C[C@]2(CCc3cc(F)c(N(C)C)cc3F)OCOC2=CC1=O. The Morgan fingerprint density at radius 3 is 2.83 bits per heavy atom. The third-order valence-corrected chi connectivity index (χ3v) is 5.17. The zero-order valence-corrected chi connectivity index (χ0v) is 16.4. The van der Waals surface area contributed by atoms with Crippen LogP contribution in [0.3, 0.4) is 0 Å². The Morgan fingerprint density at radius 1 is 1.38 bits per heavy atom. The van der Waals surface area contributed by atoms with E-state index in [4.69, 9.17) is 14.2 Å². The number of carbonyl (C=O) groups excluding carboxylic acids is 2. The first-order chi connectivity index (χ1) is 13.8. The summed E-state index contributed by atoms with van der Waals surface area (Å²) in [5.74, 6) is -2.91. The summed E-state index contributed by atoms with van der Waals surface area (Å²) in [5, 5.41) is 0. The van der Waals surface area contributed by atoms with Crippen molar-refractivity contribution in [1.82, 2.24) is 0 Å². The molecule has 2 aliphatic rings. The number of halogens is 2. The van der Waals surface area contributed by atoms with Crippen molar-refractivity contribution in [2.75, 3.05) is 32.4 Å². The number of ether oxygens (including phenoxy) is 3. The Morgan fingerprint density at radius 2 is 2.14 bits per heavy atom. The third-order valence-electron chi connectivity index (χ3n) is 5.17. The van der Waals surface area contributed by atoms with Crippen LogP contribution in [0.4, 0.5) is 14.5 Å². The molecule has 8 heteroatoms. The van der Waals surface area contributed by atoms with Gasteiger partial charge in [0.15, 0.2) is 12.6 Å². The van der Waals surface area contributed by atoms with E-state index in [9.17, 15) is 18.4 Å². The van der Waals surface area contributed by atoms with E-state index in [1.165, 1.54) is 17.1 Å². The summed E-state index contributed by atoms with van der Waals surface area (Å²) < 4.78 is 44.9. The third kappa shape index (κ3) is 4.17. The highest BCUT2D eigenvalue weighted by molar-refractivity contribution is 6.06. The molecule has 0 spiro atoms. The van der Waals surface area contributed by atoms with Crippen LogP contribution in [0.2, 0.25) is 0 Å². The average Bonchev–Trinajstić information content (AvgIpc) is 3.08. The summed E-state index contributed by atoms with van der Waals surface area (Å²) in [6.45, 7) is 3.38. The Balaban J connectivity index is 1.81. The highest BCUT2D eigenvalue weighted by Crippen LogP contribution is 2.43. The summed E-state index contributed by atoms with van der Waals surface area (Å²) in [6.07, 6.45) is 3.02. The lowest BCUT2D eigenvalue weighted by Gasteiger charge is -2.33. The fraction of sp³-hybridized carbons (Fsp3) is 0.429. The summed E-state index contributed by atoms with van der Waals surface area (Å²) in [5.41, 5.74) is -0.728. The molecule has 1 aromatic carbocycles. The van der Waals surface area contributed by atoms with Crippen LogP contribution in [0, 0.1) is 17.6 Å². The number of nitrogens with zero attached hydrogens (tertiary/aromatic N) is 1. The maximum absolute atomic E-state index is 14.5. The van der Waals surface area contributed by atoms with Gasteiger partial charge in [0.2, 0.25) is 0 Å². The molecule has 0 amide bonds. The van der Waals surface area contributed by atoms with Crippen molar-refractivity contribution in [3.63, 3.8) is 0 Å². The number of hydrogen-bond donors (Lipinski definition) is 0. The molecule has 29 heavy (non-hydrogen) atoms. The highest BCUT2D eigenvalue weighted by Gasteiger charge is 2.50. The van der Waals surface area contributed by atoms with Crippen molar-refractivity contribution in [2.24, 2.45) is 5.92 Å². The molecule has 1 aliphatic carbocycles. The molecule has 0 aromatic heterocycles. The normalized spacial score (nSPS) is 23.1. The van der Waals surface area contributed by atoms with E-state index < -0.39 is 34.9 Å². The molecule has 0 saturated carbocycles. The molecule has 1 heterocycles. The van der Waals surface area contributed by atoms with Crippen LogP contribution >= 0.6 is 0 Å². The van der Waals surface area contributed by atoms with Crippen LogP contribution < -0.4 is 4.90 Å². The van der Waals surface area contributed by atoms with Gasteiger partial charge in [0, 0.05) is 32.7 Å². The molecule has 1 aliphatic heterocycles. The van der Waals surface area contributed by atoms with Gasteiger partial charge in [-0.3, -0.25) is 9.59 Å². The van der Waals surface area contributed by atoms with E-state index in [2.05, 4.69) is 6.58 Å². The fourth-order valence-electron chi connectivity index (χ4n) is 3.59. The standard InChI is InChI=1S/C21H23F2NO5/c1-4-7-27-20(26)14-11-21(19(10-18(14)25)28-12-29-21)6-5-13-8-16(23)17(24(2)3)9-15(13)22/h4,8-10,14H,1,5-7,11-12H2,2-3H3/t14-,21+/m1/s1. The molecule has 156 valence electrons. The molecule has 1 saturated heterocycles. The number of benzene rings is 1. The minimum atomic E-state index is -1.06. The number of allylic oxidation sites excluding steroid dienone is 1. The molecular weight excluding hydrogens is 384 g/mol. The smallest absolute Gasteiger partial charge is 0.317 e. The van der Waals surface area contributed by atoms with E-state index in [1.54, 1.807) is 14.1 Å². The van der Waals surface area contributed by atoms with Crippen molar-refractivity contribution in [3.8, 4) is 0 Å². The summed E-state index contributed by atoms with van der Waals surface area (Å²) in [4.78, 5) is 26.0. The molecule has 2 atom stereocenters. The fourth-order valence-corrected chi connectivity index (χ4v) is 3.59. The van der Waals surface area contributed by atoms with E-state index in [1.807, 2.05) is 0 Å². The van der Waals surface area contributed by atoms with Gasteiger partial charge in [0.05, 0.1) is 5.69 Å². The summed E-state index contributed by atoms with van der Waals surface area (Å²) in [6, 6.07) is 2.30. The van der Waals surface area contributed by atoms with Gasteiger partial charge in [-0.05, 0) is 24.5 Å². The summed E-state index contributed by atoms with van der Waals surface area (Å²) in [7, 11) is 3.25. The molecule has 1 fully saturated rings. The number of rotatable bonds is 7. The Hall–Kier alpha value is -2.74. The first-order valence-electron chi connectivity index (χ1n) is 9.23. The number of fused-ring (bicyclic) bond motifs is 1. The summed E-state index contributed by atoms with van der Waals surface area (Å²) >= 11 is 0. The lowest BCUT2D eigenvalue weighted by molar-refractivity contribution is -0.153. The van der Waals surface area contributed by atoms with Gasteiger partial charge < -0.3 is 19.1 Å². The van der Waals surface area contributed by atoms with Gasteiger partial charge in [-0.1, -0.05) is 12.7 Å². The molecule has 0 radical (unpaired) electrons. The molecule has 0 N–H and O–H groups in total. The van der Waals surface area contributed by atoms with E-state index in [0.29, 0.717) is 5.76 Å². The second kappa shape index (κ2) is 8.32. The Labute approximate surface area is 167 Å². The molecular formula is C21H23F2NO5. The van der Waals surface area contributed by atoms with Crippen molar-refractivity contribution < 1.29 is 32.6 Å². The molecule has 6 nitrogen and oxygen atoms in total. The maximum Gasteiger partial charge on any atom is 0.317 e. The first kappa shape index (κ1) is 21.0. The molecule has 0 bridgehead atoms. The molecule has 0 unspecified atom stereocenters. The predicted molar refractivity (Wildman–Crippen MR) is 101 cm³/mol. The highest BCUT2D eigenvalue weighted by atomic mass is 19.1. The van der Waals surface area contributed by atoms with Gasteiger partial charge in [-0.25, -0.2) is 8.78 Å². The molecule has 3 rings (SSSR count). The monoisotopic (exact) mass is 407 g/mol. The molecule has 1 aromatic rings. The van der Waals surface area contributed by atoms with Crippen molar-refractivity contribution in [3.05, 3.63) is 53.8 Å². The number of aryl methyl sites for hydroxylation is 1. The largest absolute Gasteiger partial charge is 0.469 e. The minimum Gasteiger partial charge on any atom is -0.469 e. The lowest BCUT2D eigenvalue weighted by atomic mass is 9.78. The van der Waals surface area contributed by atoms with Gasteiger partial charge in [-0.15, -0.1) is 0 Å². The van der Waals surface area contributed by atoms with Crippen LogP contribution in [0.15, 0.2) is 36.6 Å². The maximum atomic E-state index is 14.5. The van der Waals surface area contributed by atoms with Crippen molar-refractivity contribution in [2.45, 2.75) is 24.9 Å². The van der Waals surface area contributed by atoms with Gasteiger partial charge >= 0.3 is 5.97 Å².